The Bertz CT molecular complexity index is 462. The van der Waals surface area contributed by atoms with Gasteiger partial charge in [0.15, 0.2) is 0 Å². The lowest BCUT2D eigenvalue weighted by Crippen LogP contribution is -2.33. The minimum atomic E-state index is -0.379. The van der Waals surface area contributed by atoms with Crippen LogP contribution in [0, 0.1) is 11.3 Å². The Morgan fingerprint density at radius 1 is 1.61 bits per heavy atom. The molecule has 0 saturated heterocycles. The van der Waals surface area contributed by atoms with Crippen molar-refractivity contribution < 1.29 is 4.79 Å². The fraction of sp³-hybridized carbons (Fsp3) is 0.308. The van der Waals surface area contributed by atoms with Gasteiger partial charge in [0, 0.05) is 18.4 Å². The average molecular weight is 244 g/mol. The summed E-state index contributed by atoms with van der Waals surface area (Å²) in [6.07, 6.45) is 3.81. The highest BCUT2D eigenvalue weighted by Gasteiger charge is 2.10. The lowest BCUT2D eigenvalue weighted by atomic mass is 10.2. The van der Waals surface area contributed by atoms with E-state index in [1.165, 1.54) is 6.20 Å². The van der Waals surface area contributed by atoms with Gasteiger partial charge in [0.25, 0.3) is 5.91 Å². The Morgan fingerprint density at radius 2 is 2.39 bits per heavy atom. The van der Waals surface area contributed by atoms with Crippen molar-refractivity contribution in [2.75, 3.05) is 5.32 Å². The van der Waals surface area contributed by atoms with Crippen LogP contribution in [0.1, 0.15) is 20.3 Å². The third-order valence-corrected chi connectivity index (χ3v) is 2.38. The molecule has 5 heteroatoms. The smallest absolute Gasteiger partial charge is 0.263 e. The van der Waals surface area contributed by atoms with E-state index in [1.54, 1.807) is 18.3 Å². The summed E-state index contributed by atoms with van der Waals surface area (Å²) in [5, 5.41) is 14.5. The molecule has 0 bridgehead atoms. The van der Waals surface area contributed by atoms with Crippen molar-refractivity contribution in [1.29, 1.82) is 5.26 Å². The molecule has 1 aromatic heterocycles. The number of carbonyl (C=O) groups excluding carboxylic acids is 1. The first kappa shape index (κ1) is 13.7. The summed E-state index contributed by atoms with van der Waals surface area (Å²) in [7, 11) is 0. The van der Waals surface area contributed by atoms with E-state index in [0.717, 1.165) is 6.42 Å². The van der Waals surface area contributed by atoms with Gasteiger partial charge in [0.05, 0.1) is 0 Å². The van der Waals surface area contributed by atoms with E-state index in [9.17, 15) is 4.79 Å². The second-order valence-corrected chi connectivity index (χ2v) is 3.81. The lowest BCUT2D eigenvalue weighted by Gasteiger charge is -2.10. The molecule has 0 saturated carbocycles. The molecule has 0 spiro atoms. The van der Waals surface area contributed by atoms with Crippen molar-refractivity contribution in [1.82, 2.24) is 10.3 Å². The van der Waals surface area contributed by atoms with E-state index in [0.29, 0.717) is 5.82 Å². The number of hydrogen-bond acceptors (Lipinski definition) is 4. The number of hydrogen-bond donors (Lipinski definition) is 2. The summed E-state index contributed by atoms with van der Waals surface area (Å²) in [6.45, 7) is 3.85. The summed E-state index contributed by atoms with van der Waals surface area (Å²) < 4.78 is 0. The predicted molar refractivity (Wildman–Crippen MR) is 69.5 cm³/mol. The van der Waals surface area contributed by atoms with Gasteiger partial charge in [-0.1, -0.05) is 13.0 Å². The van der Waals surface area contributed by atoms with Crippen molar-refractivity contribution in [3.63, 3.8) is 0 Å². The third-order valence-electron chi connectivity index (χ3n) is 2.38. The quantitative estimate of drug-likeness (QED) is 0.611. The van der Waals surface area contributed by atoms with Crippen molar-refractivity contribution in [3.05, 3.63) is 36.2 Å². The van der Waals surface area contributed by atoms with Crippen LogP contribution in [0.25, 0.3) is 0 Å². The number of nitrogens with one attached hydrogen (secondary N) is 2. The van der Waals surface area contributed by atoms with Gasteiger partial charge in [-0.2, -0.15) is 5.26 Å². The zero-order valence-electron chi connectivity index (χ0n) is 10.5. The fourth-order valence-electron chi connectivity index (χ4n) is 1.15. The van der Waals surface area contributed by atoms with Crippen LogP contribution in [0.3, 0.4) is 0 Å². The zero-order chi connectivity index (χ0) is 13.4. The van der Waals surface area contributed by atoms with Gasteiger partial charge in [-0.05, 0) is 25.5 Å². The predicted octanol–water partition coefficient (Wildman–Crippen LogP) is 1.82. The Labute approximate surface area is 107 Å². The summed E-state index contributed by atoms with van der Waals surface area (Å²) >= 11 is 0. The van der Waals surface area contributed by atoms with Crippen LogP contribution >= 0.6 is 0 Å². The fourth-order valence-corrected chi connectivity index (χ4v) is 1.15. The van der Waals surface area contributed by atoms with Gasteiger partial charge in [-0.25, -0.2) is 4.98 Å². The highest BCUT2D eigenvalue weighted by molar-refractivity contribution is 5.97. The SMILES string of the molecule is CCC(C)NC(=O)/C(C#N)=C\Nc1ccccn1. The number of nitriles is 1. The van der Waals surface area contributed by atoms with E-state index in [4.69, 9.17) is 5.26 Å². The molecule has 0 radical (unpaired) electrons. The zero-order valence-corrected chi connectivity index (χ0v) is 10.5. The van der Waals surface area contributed by atoms with E-state index < -0.39 is 0 Å². The summed E-state index contributed by atoms with van der Waals surface area (Å²) in [4.78, 5) is 15.7. The number of nitrogens with zero attached hydrogens (tertiary/aromatic N) is 2. The molecule has 1 atom stereocenters. The summed E-state index contributed by atoms with van der Waals surface area (Å²) in [6, 6.07) is 7.26. The molecule has 1 unspecified atom stereocenters. The molecule has 1 rings (SSSR count). The highest BCUT2D eigenvalue weighted by Crippen LogP contribution is 2.02. The molecule has 5 nitrogen and oxygen atoms in total. The van der Waals surface area contributed by atoms with Crippen LogP contribution < -0.4 is 10.6 Å². The highest BCUT2D eigenvalue weighted by atomic mass is 16.1. The van der Waals surface area contributed by atoms with Crippen molar-refractivity contribution in [2.45, 2.75) is 26.3 Å². The molecule has 0 aliphatic rings. The van der Waals surface area contributed by atoms with E-state index in [-0.39, 0.29) is 17.5 Å². The van der Waals surface area contributed by atoms with Crippen molar-refractivity contribution in [2.24, 2.45) is 0 Å². The number of rotatable bonds is 5. The Morgan fingerprint density at radius 3 is 2.94 bits per heavy atom. The molecule has 0 aliphatic heterocycles. The lowest BCUT2D eigenvalue weighted by molar-refractivity contribution is -0.117. The molecule has 94 valence electrons. The maximum Gasteiger partial charge on any atom is 0.263 e. The average Bonchev–Trinajstić information content (AvgIpc) is 2.40. The maximum absolute atomic E-state index is 11.7. The van der Waals surface area contributed by atoms with Gasteiger partial charge in [0.2, 0.25) is 0 Å². The number of amides is 1. The van der Waals surface area contributed by atoms with Crippen molar-refractivity contribution in [3.8, 4) is 6.07 Å². The van der Waals surface area contributed by atoms with Crippen LogP contribution in [0.2, 0.25) is 0 Å². The Kier molecular flexibility index (Phi) is 5.39. The third kappa shape index (κ3) is 4.26. The molecular formula is C13H16N4O. The van der Waals surface area contributed by atoms with Gasteiger partial charge < -0.3 is 10.6 Å². The molecule has 0 aliphatic carbocycles. The first-order valence-electron chi connectivity index (χ1n) is 5.76. The largest absolute Gasteiger partial charge is 0.349 e. The maximum atomic E-state index is 11.7. The summed E-state index contributed by atoms with van der Waals surface area (Å²) in [5.74, 6) is 0.205. The number of pyridine rings is 1. The Hall–Kier alpha value is -2.35. The van der Waals surface area contributed by atoms with E-state index in [2.05, 4.69) is 15.6 Å². The van der Waals surface area contributed by atoms with Gasteiger partial charge in [-0.3, -0.25) is 4.79 Å². The minimum absolute atomic E-state index is 0.0287. The van der Waals surface area contributed by atoms with E-state index >= 15 is 0 Å². The molecule has 1 heterocycles. The van der Waals surface area contributed by atoms with Crippen LogP contribution in [0.4, 0.5) is 5.82 Å². The number of carbonyl (C=O) groups is 1. The molecule has 0 aromatic carbocycles. The van der Waals surface area contributed by atoms with Crippen LogP contribution in [0.15, 0.2) is 36.2 Å². The van der Waals surface area contributed by atoms with Gasteiger partial charge in [0.1, 0.15) is 17.5 Å². The monoisotopic (exact) mass is 244 g/mol. The normalized spacial score (nSPS) is 12.4. The molecule has 1 amide bonds. The second-order valence-electron chi connectivity index (χ2n) is 3.81. The molecular weight excluding hydrogens is 228 g/mol. The molecule has 2 N–H and O–H groups in total. The molecule has 0 fully saturated rings. The summed E-state index contributed by atoms with van der Waals surface area (Å²) in [5.41, 5.74) is 0.0287. The van der Waals surface area contributed by atoms with Crippen molar-refractivity contribution >= 4 is 11.7 Å². The number of aromatic nitrogens is 1. The first-order valence-corrected chi connectivity index (χ1v) is 5.76. The standard InChI is InChI=1S/C13H16N4O/c1-3-10(2)17-13(18)11(8-14)9-16-12-6-4-5-7-15-12/h4-7,9-10H,3H2,1-2H3,(H,15,16)(H,17,18)/b11-9-. The second kappa shape index (κ2) is 7.07. The van der Waals surface area contributed by atoms with Crippen LogP contribution in [0.5, 0.6) is 0 Å². The number of anilines is 1. The Balaban J connectivity index is 2.66. The van der Waals surface area contributed by atoms with Crippen LogP contribution in [-0.4, -0.2) is 16.9 Å². The molecule has 18 heavy (non-hydrogen) atoms. The van der Waals surface area contributed by atoms with E-state index in [1.807, 2.05) is 26.0 Å². The topological polar surface area (TPSA) is 77.8 Å². The van der Waals surface area contributed by atoms with Gasteiger partial charge in [-0.15, -0.1) is 0 Å². The minimum Gasteiger partial charge on any atom is -0.349 e. The van der Waals surface area contributed by atoms with Crippen LogP contribution in [-0.2, 0) is 4.79 Å². The first-order chi connectivity index (χ1) is 8.67. The molecule has 1 aromatic rings. The van der Waals surface area contributed by atoms with Gasteiger partial charge >= 0.3 is 0 Å².